The number of carbonyl (C=O) groups is 1. The Morgan fingerprint density at radius 1 is 1.50 bits per heavy atom. The van der Waals surface area contributed by atoms with Gasteiger partial charge in [-0.1, -0.05) is 0 Å². The van der Waals surface area contributed by atoms with Crippen LogP contribution in [0.1, 0.15) is 27.2 Å². The van der Waals surface area contributed by atoms with Crippen molar-refractivity contribution in [3.63, 3.8) is 0 Å². The largest absolute Gasteiger partial charge is 0.339 e. The molecule has 0 saturated carbocycles. The predicted octanol–water partition coefficient (Wildman–Crippen LogP) is 1.32. The number of likely N-dealkylation sites (N-methyl/N-ethyl adjacent to an activating group) is 1. The van der Waals surface area contributed by atoms with Gasteiger partial charge in [0, 0.05) is 12.6 Å². The molecular weight excluding hydrogens is 196 g/mol. The summed E-state index contributed by atoms with van der Waals surface area (Å²) in [7, 11) is 0. The van der Waals surface area contributed by atoms with Gasteiger partial charge in [-0.05, 0) is 39.2 Å². The van der Waals surface area contributed by atoms with Crippen LogP contribution in [0.2, 0.25) is 0 Å². The smallest absolute Gasteiger partial charge is 0.239 e. The van der Waals surface area contributed by atoms with E-state index < -0.39 is 0 Å². The second-order valence-corrected chi connectivity index (χ2v) is 4.59. The lowest BCUT2D eigenvalue weighted by atomic mass is 10.2. The number of nitrogens with two attached hydrogens (primary N) is 1. The summed E-state index contributed by atoms with van der Waals surface area (Å²) in [5, 5.41) is 0. The molecule has 0 radical (unpaired) electrons. The summed E-state index contributed by atoms with van der Waals surface area (Å²) in [5.41, 5.74) is 5.81. The van der Waals surface area contributed by atoms with E-state index in [1.165, 1.54) is 0 Å². The number of amides is 1. The van der Waals surface area contributed by atoms with E-state index in [-0.39, 0.29) is 18.0 Å². The van der Waals surface area contributed by atoms with Crippen molar-refractivity contribution < 1.29 is 4.79 Å². The molecule has 0 aromatic carbocycles. The van der Waals surface area contributed by atoms with Gasteiger partial charge in [-0.15, -0.1) is 0 Å². The minimum atomic E-state index is -0.329. The molecule has 0 aliphatic carbocycles. The molecular formula is C10H22N2OS. The summed E-state index contributed by atoms with van der Waals surface area (Å²) in [6, 6.07) is -0.0855. The summed E-state index contributed by atoms with van der Waals surface area (Å²) in [4.78, 5) is 13.6. The van der Waals surface area contributed by atoms with E-state index in [2.05, 4.69) is 0 Å². The Kier molecular flexibility index (Phi) is 7.01. The van der Waals surface area contributed by atoms with Crippen molar-refractivity contribution in [3.8, 4) is 0 Å². The van der Waals surface area contributed by atoms with Crippen molar-refractivity contribution in [2.24, 2.45) is 5.73 Å². The third-order valence-electron chi connectivity index (χ3n) is 2.20. The van der Waals surface area contributed by atoms with E-state index in [4.69, 9.17) is 5.73 Å². The number of nitrogens with zero attached hydrogens (tertiary/aromatic N) is 1. The van der Waals surface area contributed by atoms with E-state index in [9.17, 15) is 4.79 Å². The van der Waals surface area contributed by atoms with Crippen molar-refractivity contribution in [2.45, 2.75) is 39.3 Å². The number of hydrogen-bond acceptors (Lipinski definition) is 3. The standard InChI is InChI=1S/C10H22N2OS/c1-5-12(8(2)3)10(13)9(11)6-7-14-4/h8-9H,5-7,11H2,1-4H3/t9-/m1/s1. The molecule has 0 aliphatic heterocycles. The molecule has 2 N–H and O–H groups in total. The summed E-state index contributed by atoms with van der Waals surface area (Å²) in [5.74, 6) is 1.03. The second-order valence-electron chi connectivity index (χ2n) is 3.61. The van der Waals surface area contributed by atoms with E-state index >= 15 is 0 Å². The fourth-order valence-electron chi connectivity index (χ4n) is 1.36. The monoisotopic (exact) mass is 218 g/mol. The highest BCUT2D eigenvalue weighted by atomic mass is 32.2. The third-order valence-corrected chi connectivity index (χ3v) is 2.84. The highest BCUT2D eigenvalue weighted by Crippen LogP contribution is 2.05. The van der Waals surface area contributed by atoms with Crippen molar-refractivity contribution >= 4 is 17.7 Å². The van der Waals surface area contributed by atoms with Crippen LogP contribution in [0, 0.1) is 0 Å². The zero-order valence-corrected chi connectivity index (χ0v) is 10.4. The molecule has 0 spiro atoms. The first-order valence-electron chi connectivity index (χ1n) is 5.09. The Morgan fingerprint density at radius 3 is 2.43 bits per heavy atom. The minimum Gasteiger partial charge on any atom is -0.339 e. The zero-order valence-electron chi connectivity index (χ0n) is 9.62. The lowest BCUT2D eigenvalue weighted by Gasteiger charge is -2.27. The molecule has 0 saturated heterocycles. The van der Waals surface area contributed by atoms with Gasteiger partial charge in [0.15, 0.2) is 0 Å². The number of carbonyl (C=O) groups excluding carboxylic acids is 1. The highest BCUT2D eigenvalue weighted by molar-refractivity contribution is 7.98. The first-order chi connectivity index (χ1) is 6.54. The average molecular weight is 218 g/mol. The van der Waals surface area contributed by atoms with Gasteiger partial charge in [0.05, 0.1) is 6.04 Å². The Bertz CT molecular complexity index is 174. The van der Waals surface area contributed by atoms with Crippen LogP contribution in [0.4, 0.5) is 0 Å². The number of hydrogen-bond donors (Lipinski definition) is 1. The van der Waals surface area contributed by atoms with Crippen LogP contribution in [0.5, 0.6) is 0 Å². The Balaban J connectivity index is 4.13. The Labute approximate surface area is 91.4 Å². The normalized spacial score (nSPS) is 13.0. The SMILES string of the molecule is CCN(C(=O)[C@H](N)CCSC)C(C)C. The summed E-state index contributed by atoms with van der Waals surface area (Å²) in [6.07, 6.45) is 2.79. The van der Waals surface area contributed by atoms with Crippen molar-refractivity contribution in [1.82, 2.24) is 4.90 Å². The van der Waals surface area contributed by atoms with Gasteiger partial charge in [0.2, 0.25) is 5.91 Å². The van der Waals surface area contributed by atoms with Crippen LogP contribution in [-0.2, 0) is 4.79 Å². The molecule has 4 heteroatoms. The quantitative estimate of drug-likeness (QED) is 0.731. The van der Waals surface area contributed by atoms with Crippen LogP contribution < -0.4 is 5.73 Å². The number of rotatable bonds is 6. The lowest BCUT2D eigenvalue weighted by Crippen LogP contribution is -2.47. The molecule has 1 amide bonds. The van der Waals surface area contributed by atoms with Gasteiger partial charge in [-0.3, -0.25) is 4.79 Å². The second kappa shape index (κ2) is 7.12. The summed E-state index contributed by atoms with van der Waals surface area (Å²) in [6.45, 7) is 6.76. The fraction of sp³-hybridized carbons (Fsp3) is 0.900. The Hall–Kier alpha value is -0.220. The van der Waals surface area contributed by atoms with Crippen LogP contribution in [0.25, 0.3) is 0 Å². The molecule has 0 rings (SSSR count). The molecule has 14 heavy (non-hydrogen) atoms. The fourth-order valence-corrected chi connectivity index (χ4v) is 1.85. The van der Waals surface area contributed by atoms with Crippen LogP contribution in [-0.4, -0.2) is 41.4 Å². The van der Waals surface area contributed by atoms with Gasteiger partial charge >= 0.3 is 0 Å². The van der Waals surface area contributed by atoms with E-state index in [1.807, 2.05) is 31.9 Å². The molecule has 0 aromatic rings. The van der Waals surface area contributed by atoms with Crippen LogP contribution >= 0.6 is 11.8 Å². The lowest BCUT2D eigenvalue weighted by molar-refractivity contribution is -0.134. The van der Waals surface area contributed by atoms with Gasteiger partial charge in [0.1, 0.15) is 0 Å². The summed E-state index contributed by atoms with van der Waals surface area (Å²) < 4.78 is 0. The zero-order chi connectivity index (χ0) is 11.1. The summed E-state index contributed by atoms with van der Waals surface area (Å²) >= 11 is 1.72. The predicted molar refractivity (Wildman–Crippen MR) is 63.5 cm³/mol. The maximum absolute atomic E-state index is 11.8. The maximum atomic E-state index is 11.8. The molecule has 0 unspecified atom stereocenters. The number of thioether (sulfide) groups is 1. The van der Waals surface area contributed by atoms with Gasteiger partial charge in [-0.25, -0.2) is 0 Å². The van der Waals surface area contributed by atoms with Crippen molar-refractivity contribution in [2.75, 3.05) is 18.6 Å². The first kappa shape index (κ1) is 13.8. The molecule has 0 aliphatic rings. The molecule has 3 nitrogen and oxygen atoms in total. The molecule has 84 valence electrons. The van der Waals surface area contributed by atoms with E-state index in [0.717, 1.165) is 18.7 Å². The highest BCUT2D eigenvalue weighted by Gasteiger charge is 2.21. The third kappa shape index (κ3) is 4.33. The van der Waals surface area contributed by atoms with Crippen LogP contribution in [0.3, 0.4) is 0 Å². The molecule has 0 bridgehead atoms. The average Bonchev–Trinajstić information content (AvgIpc) is 2.14. The van der Waals surface area contributed by atoms with E-state index in [1.54, 1.807) is 11.8 Å². The first-order valence-corrected chi connectivity index (χ1v) is 6.48. The molecule has 1 atom stereocenters. The van der Waals surface area contributed by atoms with Gasteiger partial charge in [0.25, 0.3) is 0 Å². The van der Waals surface area contributed by atoms with Crippen molar-refractivity contribution in [3.05, 3.63) is 0 Å². The van der Waals surface area contributed by atoms with E-state index in [0.29, 0.717) is 0 Å². The van der Waals surface area contributed by atoms with Gasteiger partial charge in [-0.2, -0.15) is 11.8 Å². The molecule has 0 aromatic heterocycles. The molecule has 0 heterocycles. The van der Waals surface area contributed by atoms with Crippen molar-refractivity contribution in [1.29, 1.82) is 0 Å². The Morgan fingerprint density at radius 2 is 2.07 bits per heavy atom. The molecule has 0 fully saturated rings. The minimum absolute atomic E-state index is 0.0801. The topological polar surface area (TPSA) is 46.3 Å². The maximum Gasteiger partial charge on any atom is 0.239 e. The van der Waals surface area contributed by atoms with Crippen LogP contribution in [0.15, 0.2) is 0 Å². The van der Waals surface area contributed by atoms with Gasteiger partial charge < -0.3 is 10.6 Å².